The fraction of sp³-hybridized carbons (Fsp3) is 0.182. The first kappa shape index (κ1) is 20.6. The Kier molecular flexibility index (Phi) is 4.83. The van der Waals surface area contributed by atoms with Crippen molar-refractivity contribution in [1.82, 2.24) is 0 Å². The molecular formula is C22H17F4N3O2. The van der Waals surface area contributed by atoms with E-state index in [9.17, 15) is 22.4 Å². The van der Waals surface area contributed by atoms with Crippen LogP contribution in [0.25, 0.3) is 0 Å². The summed E-state index contributed by atoms with van der Waals surface area (Å²) < 4.78 is 62.0. The van der Waals surface area contributed by atoms with Gasteiger partial charge in [0.2, 0.25) is 5.91 Å². The number of amides is 1. The molecule has 2 heterocycles. The standard InChI is InChI=1S/C22H17F4N3O2/c1-11-3-8-18(31-11)19-20(14-6-4-12(23)9-15(14)25)28-29(22(19,2)21(27)30)17-7-5-13(24)10-16(17)26/h3-10,19H,1-2H3,(H2,27,30). The largest absolute Gasteiger partial charge is 0.466 e. The van der Waals surface area contributed by atoms with E-state index in [0.29, 0.717) is 17.9 Å². The monoisotopic (exact) mass is 431 g/mol. The predicted molar refractivity (Wildman–Crippen MR) is 106 cm³/mol. The van der Waals surface area contributed by atoms with Gasteiger partial charge in [0.1, 0.15) is 29.0 Å². The van der Waals surface area contributed by atoms with E-state index in [2.05, 4.69) is 5.10 Å². The van der Waals surface area contributed by atoms with Crippen molar-refractivity contribution < 1.29 is 26.8 Å². The third-order valence-electron chi connectivity index (χ3n) is 5.37. The molecule has 2 unspecified atom stereocenters. The van der Waals surface area contributed by atoms with Crippen LogP contribution in [0.15, 0.2) is 58.0 Å². The summed E-state index contributed by atoms with van der Waals surface area (Å²) in [4.78, 5) is 12.7. The van der Waals surface area contributed by atoms with Crippen molar-refractivity contribution in [2.75, 3.05) is 5.01 Å². The normalized spacial score (nSPS) is 20.8. The van der Waals surface area contributed by atoms with Crippen LogP contribution in [-0.2, 0) is 4.79 Å². The lowest BCUT2D eigenvalue weighted by Gasteiger charge is -2.35. The van der Waals surface area contributed by atoms with E-state index in [0.717, 1.165) is 29.3 Å². The number of primary amides is 1. The molecule has 9 heteroatoms. The first-order valence-electron chi connectivity index (χ1n) is 9.28. The average Bonchev–Trinajstić information content (AvgIpc) is 3.23. The van der Waals surface area contributed by atoms with Crippen LogP contribution in [0.2, 0.25) is 0 Å². The molecule has 1 amide bonds. The van der Waals surface area contributed by atoms with Crippen molar-refractivity contribution in [3.63, 3.8) is 0 Å². The molecule has 0 radical (unpaired) electrons. The molecule has 160 valence electrons. The Bertz CT molecular complexity index is 1220. The molecule has 0 aliphatic carbocycles. The van der Waals surface area contributed by atoms with Gasteiger partial charge in [0.15, 0.2) is 11.4 Å². The van der Waals surface area contributed by atoms with E-state index in [1.165, 1.54) is 6.92 Å². The zero-order valence-corrected chi connectivity index (χ0v) is 16.5. The van der Waals surface area contributed by atoms with Crippen LogP contribution >= 0.6 is 0 Å². The number of hydrogen-bond acceptors (Lipinski definition) is 4. The average molecular weight is 431 g/mol. The summed E-state index contributed by atoms with van der Waals surface area (Å²) in [6, 6.07) is 8.81. The fourth-order valence-electron chi connectivity index (χ4n) is 3.79. The second-order valence-electron chi connectivity index (χ2n) is 7.41. The predicted octanol–water partition coefficient (Wildman–Crippen LogP) is 4.40. The molecule has 1 aliphatic rings. The molecule has 1 aromatic heterocycles. The van der Waals surface area contributed by atoms with E-state index >= 15 is 0 Å². The maximum absolute atomic E-state index is 14.7. The van der Waals surface area contributed by atoms with Gasteiger partial charge in [-0.2, -0.15) is 5.10 Å². The Morgan fingerprint density at radius 2 is 1.68 bits per heavy atom. The van der Waals surface area contributed by atoms with Gasteiger partial charge in [-0.05, 0) is 50.2 Å². The molecule has 2 atom stereocenters. The van der Waals surface area contributed by atoms with E-state index < -0.39 is 40.6 Å². The smallest absolute Gasteiger partial charge is 0.246 e. The third-order valence-corrected chi connectivity index (χ3v) is 5.37. The van der Waals surface area contributed by atoms with Gasteiger partial charge in [0.25, 0.3) is 0 Å². The number of carbonyl (C=O) groups excluding carboxylic acids is 1. The number of rotatable bonds is 4. The highest BCUT2D eigenvalue weighted by Gasteiger charge is 2.56. The Morgan fingerprint density at radius 3 is 2.23 bits per heavy atom. The van der Waals surface area contributed by atoms with Crippen LogP contribution in [0.3, 0.4) is 0 Å². The molecule has 0 saturated carbocycles. The number of nitrogens with zero attached hydrogens (tertiary/aromatic N) is 2. The first-order chi connectivity index (χ1) is 14.6. The van der Waals surface area contributed by atoms with Crippen molar-refractivity contribution in [2.24, 2.45) is 10.8 Å². The molecule has 2 N–H and O–H groups in total. The number of furan rings is 1. The Balaban J connectivity index is 2.00. The molecule has 4 rings (SSSR count). The van der Waals surface area contributed by atoms with Gasteiger partial charge in [-0.1, -0.05) is 0 Å². The SMILES string of the molecule is Cc1ccc(C2C(c3ccc(F)cc3F)=NN(c3ccc(F)cc3F)C2(C)C(N)=O)o1. The molecule has 31 heavy (non-hydrogen) atoms. The highest BCUT2D eigenvalue weighted by molar-refractivity contribution is 6.13. The van der Waals surface area contributed by atoms with Crippen molar-refractivity contribution in [2.45, 2.75) is 25.3 Å². The summed E-state index contributed by atoms with van der Waals surface area (Å²) in [5.74, 6) is -4.79. The molecule has 5 nitrogen and oxygen atoms in total. The van der Waals surface area contributed by atoms with E-state index in [1.54, 1.807) is 19.1 Å². The van der Waals surface area contributed by atoms with Crippen LogP contribution in [0.5, 0.6) is 0 Å². The van der Waals surface area contributed by atoms with E-state index in [1.807, 2.05) is 0 Å². The zero-order valence-electron chi connectivity index (χ0n) is 16.5. The number of benzene rings is 2. The zero-order chi connectivity index (χ0) is 22.5. The third kappa shape index (κ3) is 3.26. The molecule has 0 saturated heterocycles. The van der Waals surface area contributed by atoms with Crippen molar-refractivity contribution >= 4 is 17.3 Å². The molecule has 0 fully saturated rings. The highest BCUT2D eigenvalue weighted by atomic mass is 19.1. The summed E-state index contributed by atoms with van der Waals surface area (Å²) in [5.41, 5.74) is 3.61. The van der Waals surface area contributed by atoms with Gasteiger partial charge in [-0.25, -0.2) is 22.6 Å². The summed E-state index contributed by atoms with van der Waals surface area (Å²) in [7, 11) is 0. The van der Waals surface area contributed by atoms with Crippen LogP contribution in [0, 0.1) is 30.2 Å². The van der Waals surface area contributed by atoms with Gasteiger partial charge in [-0.3, -0.25) is 4.79 Å². The molecule has 3 aromatic rings. The minimum atomic E-state index is -1.75. The second-order valence-corrected chi connectivity index (χ2v) is 7.41. The fourth-order valence-corrected chi connectivity index (χ4v) is 3.79. The van der Waals surface area contributed by atoms with E-state index in [4.69, 9.17) is 10.2 Å². The maximum Gasteiger partial charge on any atom is 0.246 e. The minimum Gasteiger partial charge on any atom is -0.466 e. The molecule has 1 aliphatic heterocycles. The van der Waals surface area contributed by atoms with Gasteiger partial charge in [0, 0.05) is 17.7 Å². The van der Waals surface area contributed by atoms with Gasteiger partial charge in [0.05, 0.1) is 17.3 Å². The van der Waals surface area contributed by atoms with Gasteiger partial charge < -0.3 is 10.2 Å². The molecule has 2 aromatic carbocycles. The minimum absolute atomic E-state index is 0.0168. The van der Waals surface area contributed by atoms with Crippen LogP contribution in [0.1, 0.15) is 29.9 Å². The van der Waals surface area contributed by atoms with Crippen molar-refractivity contribution in [3.8, 4) is 0 Å². The molecular weight excluding hydrogens is 414 g/mol. The van der Waals surface area contributed by atoms with Crippen LogP contribution in [0.4, 0.5) is 23.2 Å². The topological polar surface area (TPSA) is 71.8 Å². The number of hydrazone groups is 1. The molecule has 0 spiro atoms. The van der Waals surface area contributed by atoms with Crippen LogP contribution in [-0.4, -0.2) is 17.2 Å². The lowest BCUT2D eigenvalue weighted by molar-refractivity contribution is -0.122. The van der Waals surface area contributed by atoms with Crippen LogP contribution < -0.4 is 10.7 Å². The second kappa shape index (κ2) is 7.26. The number of aryl methyl sites for hydroxylation is 1. The highest BCUT2D eigenvalue weighted by Crippen LogP contribution is 2.46. The van der Waals surface area contributed by atoms with E-state index in [-0.39, 0.29) is 22.7 Å². The number of anilines is 1. The lowest BCUT2D eigenvalue weighted by Crippen LogP contribution is -2.55. The summed E-state index contributed by atoms with van der Waals surface area (Å²) >= 11 is 0. The number of hydrogen-bond donors (Lipinski definition) is 1. The molecule has 0 bridgehead atoms. The number of nitrogens with two attached hydrogens (primary N) is 1. The quantitative estimate of drug-likeness (QED) is 0.623. The van der Waals surface area contributed by atoms with Crippen molar-refractivity contribution in [1.29, 1.82) is 0 Å². The van der Waals surface area contributed by atoms with Gasteiger partial charge in [-0.15, -0.1) is 0 Å². The number of halogens is 4. The Hall–Kier alpha value is -3.62. The van der Waals surface area contributed by atoms with Crippen molar-refractivity contribution in [3.05, 3.63) is 88.9 Å². The Morgan fingerprint density at radius 1 is 1.03 bits per heavy atom. The summed E-state index contributed by atoms with van der Waals surface area (Å²) in [6.07, 6.45) is 0. The first-order valence-corrected chi connectivity index (χ1v) is 9.28. The maximum atomic E-state index is 14.7. The summed E-state index contributed by atoms with van der Waals surface area (Å²) in [5, 5.41) is 5.31. The number of carbonyl (C=O) groups is 1. The van der Waals surface area contributed by atoms with Gasteiger partial charge >= 0.3 is 0 Å². The lowest BCUT2D eigenvalue weighted by atomic mass is 9.78. The Labute approximate surface area is 174 Å². The summed E-state index contributed by atoms with van der Waals surface area (Å²) in [6.45, 7) is 3.07.